The van der Waals surface area contributed by atoms with Crippen molar-refractivity contribution in [1.82, 2.24) is 5.32 Å². The molecule has 2 rings (SSSR count). The second-order valence-corrected chi connectivity index (χ2v) is 5.39. The first-order valence-electron chi connectivity index (χ1n) is 6.82. The Hall–Kier alpha value is -1.03. The molecule has 1 nitrogen and oxygen atoms in total. The minimum atomic E-state index is -4.26. The second-order valence-electron chi connectivity index (χ2n) is 5.39. The third-order valence-corrected chi connectivity index (χ3v) is 3.99. The Balaban J connectivity index is 2.39. The molecule has 1 aromatic carbocycles. The molecule has 0 radical (unpaired) electrons. The smallest absolute Gasteiger partial charge is 0.307 e. The van der Waals surface area contributed by atoms with Crippen LogP contribution < -0.4 is 5.32 Å². The zero-order chi connectivity index (χ0) is 14.1. The van der Waals surface area contributed by atoms with Crippen molar-refractivity contribution in [2.75, 3.05) is 6.54 Å². The van der Waals surface area contributed by atoms with Gasteiger partial charge in [0, 0.05) is 5.54 Å². The van der Waals surface area contributed by atoms with Crippen LogP contribution in [0.25, 0.3) is 0 Å². The number of alkyl halides is 3. The fourth-order valence-corrected chi connectivity index (χ4v) is 3.19. The number of aryl methyl sites for hydroxylation is 1. The first kappa shape index (κ1) is 14.4. The molecule has 1 unspecified atom stereocenters. The normalized spacial score (nSPS) is 23.8. The van der Waals surface area contributed by atoms with Gasteiger partial charge in [-0.15, -0.1) is 0 Å². The van der Waals surface area contributed by atoms with Crippen molar-refractivity contribution >= 4 is 0 Å². The van der Waals surface area contributed by atoms with Crippen LogP contribution in [-0.2, 0) is 11.7 Å². The van der Waals surface area contributed by atoms with Gasteiger partial charge in [0.05, 0.1) is 5.56 Å². The number of hydrogen-bond donors (Lipinski definition) is 1. The molecule has 1 saturated heterocycles. The zero-order valence-electron chi connectivity index (χ0n) is 11.4. The summed E-state index contributed by atoms with van der Waals surface area (Å²) in [7, 11) is 0. The molecule has 1 fully saturated rings. The largest absolute Gasteiger partial charge is 0.416 e. The van der Waals surface area contributed by atoms with Crippen LogP contribution >= 0.6 is 0 Å². The van der Waals surface area contributed by atoms with Gasteiger partial charge in [-0.1, -0.05) is 19.4 Å². The fourth-order valence-electron chi connectivity index (χ4n) is 3.19. The van der Waals surface area contributed by atoms with E-state index in [4.69, 9.17) is 0 Å². The van der Waals surface area contributed by atoms with Crippen LogP contribution in [0.15, 0.2) is 18.2 Å². The molecule has 1 aliphatic heterocycles. The number of rotatable bonds is 3. The molecule has 0 bridgehead atoms. The van der Waals surface area contributed by atoms with Crippen LogP contribution in [0.3, 0.4) is 0 Å². The maximum absolute atomic E-state index is 12.7. The number of benzene rings is 1. The molecule has 0 saturated carbocycles. The average Bonchev–Trinajstić information content (AvgIpc) is 2.77. The van der Waals surface area contributed by atoms with Gasteiger partial charge >= 0.3 is 6.18 Å². The monoisotopic (exact) mass is 271 g/mol. The Kier molecular flexibility index (Phi) is 3.90. The van der Waals surface area contributed by atoms with Gasteiger partial charge in [-0.25, -0.2) is 0 Å². The highest BCUT2D eigenvalue weighted by Crippen LogP contribution is 2.39. The van der Waals surface area contributed by atoms with Crippen LogP contribution in [0.1, 0.15) is 49.3 Å². The van der Waals surface area contributed by atoms with E-state index in [0.29, 0.717) is 0 Å². The van der Waals surface area contributed by atoms with E-state index in [1.165, 1.54) is 12.1 Å². The third-order valence-electron chi connectivity index (χ3n) is 3.99. The van der Waals surface area contributed by atoms with Gasteiger partial charge in [-0.05, 0) is 56.0 Å². The SMILES string of the molecule is CCCC1(c2ccc(C(F)(F)F)cc2C)CCCN1. The van der Waals surface area contributed by atoms with Gasteiger partial charge in [0.1, 0.15) is 0 Å². The van der Waals surface area contributed by atoms with Crippen molar-refractivity contribution in [3.63, 3.8) is 0 Å². The first-order chi connectivity index (χ1) is 8.89. The lowest BCUT2D eigenvalue weighted by atomic mass is 9.81. The minimum Gasteiger partial charge on any atom is -0.307 e. The average molecular weight is 271 g/mol. The summed E-state index contributed by atoms with van der Waals surface area (Å²) >= 11 is 0. The molecule has 19 heavy (non-hydrogen) atoms. The highest BCUT2D eigenvalue weighted by molar-refractivity contribution is 5.38. The minimum absolute atomic E-state index is 0.122. The van der Waals surface area contributed by atoms with Gasteiger partial charge < -0.3 is 5.32 Å². The molecule has 0 aliphatic carbocycles. The van der Waals surface area contributed by atoms with Crippen LogP contribution in [0.4, 0.5) is 13.2 Å². The number of halogens is 3. The number of nitrogens with one attached hydrogen (secondary N) is 1. The lowest BCUT2D eigenvalue weighted by Crippen LogP contribution is -2.37. The van der Waals surface area contributed by atoms with Crippen molar-refractivity contribution < 1.29 is 13.2 Å². The summed E-state index contributed by atoms with van der Waals surface area (Å²) in [6.45, 7) is 4.84. The predicted octanol–water partition coefficient (Wildman–Crippen LogP) is 4.39. The van der Waals surface area contributed by atoms with Gasteiger partial charge in [0.15, 0.2) is 0 Å². The van der Waals surface area contributed by atoms with E-state index >= 15 is 0 Å². The van der Waals surface area contributed by atoms with Crippen LogP contribution in [-0.4, -0.2) is 6.54 Å². The summed E-state index contributed by atoms with van der Waals surface area (Å²) in [5.74, 6) is 0. The van der Waals surface area contributed by atoms with Crippen molar-refractivity contribution in [2.45, 2.75) is 51.2 Å². The van der Waals surface area contributed by atoms with Gasteiger partial charge in [0.2, 0.25) is 0 Å². The Morgan fingerprint density at radius 1 is 1.32 bits per heavy atom. The van der Waals surface area contributed by atoms with E-state index in [1.54, 1.807) is 13.0 Å². The summed E-state index contributed by atoms with van der Waals surface area (Å²) < 4.78 is 38.1. The second kappa shape index (κ2) is 5.16. The fraction of sp³-hybridized carbons (Fsp3) is 0.600. The van der Waals surface area contributed by atoms with Crippen molar-refractivity contribution in [2.24, 2.45) is 0 Å². The molecule has 0 amide bonds. The van der Waals surface area contributed by atoms with E-state index in [2.05, 4.69) is 12.2 Å². The van der Waals surface area contributed by atoms with E-state index in [1.807, 2.05) is 0 Å². The Morgan fingerprint density at radius 3 is 2.53 bits per heavy atom. The predicted molar refractivity (Wildman–Crippen MR) is 70.0 cm³/mol. The molecular weight excluding hydrogens is 251 g/mol. The standard InChI is InChI=1S/C15H20F3N/c1-3-7-14(8-4-9-19-14)13-6-5-12(10-11(13)2)15(16,17)18/h5-6,10,19H,3-4,7-9H2,1-2H3. The van der Waals surface area contributed by atoms with Gasteiger partial charge in [-0.3, -0.25) is 0 Å². The first-order valence-corrected chi connectivity index (χ1v) is 6.82. The molecule has 0 spiro atoms. The molecule has 106 valence electrons. The third kappa shape index (κ3) is 2.78. The Bertz CT molecular complexity index is 445. The highest BCUT2D eigenvalue weighted by atomic mass is 19.4. The molecular formula is C15H20F3N. The van der Waals surface area contributed by atoms with E-state index in [0.717, 1.165) is 43.4 Å². The summed E-state index contributed by atoms with van der Waals surface area (Å²) in [5, 5.41) is 3.51. The summed E-state index contributed by atoms with van der Waals surface area (Å²) in [4.78, 5) is 0. The quantitative estimate of drug-likeness (QED) is 0.859. The van der Waals surface area contributed by atoms with Gasteiger partial charge in [-0.2, -0.15) is 13.2 Å². The zero-order valence-corrected chi connectivity index (χ0v) is 11.4. The summed E-state index contributed by atoms with van der Waals surface area (Å²) in [6.07, 6.45) is -0.176. The Labute approximate surface area is 112 Å². The van der Waals surface area contributed by atoms with E-state index in [9.17, 15) is 13.2 Å². The molecule has 4 heteroatoms. The number of hydrogen-bond acceptors (Lipinski definition) is 1. The topological polar surface area (TPSA) is 12.0 Å². The summed E-state index contributed by atoms with van der Waals surface area (Å²) in [6, 6.07) is 4.14. The molecule has 1 aromatic rings. The maximum atomic E-state index is 12.7. The van der Waals surface area contributed by atoms with Crippen LogP contribution in [0.2, 0.25) is 0 Å². The van der Waals surface area contributed by atoms with Crippen molar-refractivity contribution in [1.29, 1.82) is 0 Å². The lowest BCUT2D eigenvalue weighted by molar-refractivity contribution is -0.137. The maximum Gasteiger partial charge on any atom is 0.416 e. The van der Waals surface area contributed by atoms with Gasteiger partial charge in [0.25, 0.3) is 0 Å². The summed E-state index contributed by atoms with van der Waals surface area (Å²) in [5.41, 5.74) is 1.08. The van der Waals surface area contributed by atoms with Crippen LogP contribution in [0, 0.1) is 6.92 Å². The van der Waals surface area contributed by atoms with Crippen molar-refractivity contribution in [3.05, 3.63) is 34.9 Å². The van der Waals surface area contributed by atoms with Crippen LogP contribution in [0.5, 0.6) is 0 Å². The highest BCUT2D eigenvalue weighted by Gasteiger charge is 2.37. The lowest BCUT2D eigenvalue weighted by Gasteiger charge is -2.32. The Morgan fingerprint density at radius 2 is 2.05 bits per heavy atom. The molecule has 1 aliphatic rings. The van der Waals surface area contributed by atoms with Crippen molar-refractivity contribution in [3.8, 4) is 0 Å². The molecule has 1 N–H and O–H groups in total. The molecule has 1 heterocycles. The van der Waals surface area contributed by atoms with E-state index in [-0.39, 0.29) is 5.54 Å². The molecule has 0 aromatic heterocycles. The van der Waals surface area contributed by atoms with E-state index < -0.39 is 11.7 Å². The molecule has 1 atom stereocenters.